The van der Waals surface area contributed by atoms with E-state index in [4.69, 9.17) is 5.73 Å². The third kappa shape index (κ3) is 5.66. The molecule has 0 aliphatic carbocycles. The molecule has 0 aliphatic rings. The summed E-state index contributed by atoms with van der Waals surface area (Å²) in [6.45, 7) is 2.53. The summed E-state index contributed by atoms with van der Waals surface area (Å²) in [6.07, 6.45) is 1.58. The van der Waals surface area contributed by atoms with Crippen LogP contribution >= 0.6 is 11.8 Å². The summed E-state index contributed by atoms with van der Waals surface area (Å²) in [4.78, 5) is 43.5. The smallest absolute Gasteiger partial charge is 0.330 e. The number of amides is 1. The molecule has 0 radical (unpaired) electrons. The van der Waals surface area contributed by atoms with Crippen LogP contribution in [0.15, 0.2) is 87.3 Å². The zero-order valence-corrected chi connectivity index (χ0v) is 20.4. The Morgan fingerprint density at radius 1 is 1.00 bits per heavy atom. The molecule has 3 aromatic carbocycles. The second-order valence-electron chi connectivity index (χ2n) is 8.26. The molecule has 0 atom stereocenters. The summed E-state index contributed by atoms with van der Waals surface area (Å²) < 4.78 is 1.34. The fourth-order valence-corrected chi connectivity index (χ4v) is 4.74. The maximum absolute atomic E-state index is 13.5. The molecule has 4 rings (SSSR count). The van der Waals surface area contributed by atoms with Crippen LogP contribution in [0.25, 0.3) is 10.8 Å². The summed E-state index contributed by atoms with van der Waals surface area (Å²) in [6, 6.07) is 23.5. The Morgan fingerprint density at radius 2 is 1.71 bits per heavy atom. The van der Waals surface area contributed by atoms with Crippen molar-refractivity contribution in [2.24, 2.45) is 0 Å². The van der Waals surface area contributed by atoms with Crippen molar-refractivity contribution in [2.45, 2.75) is 37.8 Å². The van der Waals surface area contributed by atoms with Gasteiger partial charge in [-0.25, -0.2) is 4.79 Å². The molecule has 180 valence electrons. The Kier molecular flexibility index (Phi) is 7.72. The molecule has 1 aromatic heterocycles. The summed E-state index contributed by atoms with van der Waals surface area (Å²) >= 11 is 1.40. The average molecular weight is 489 g/mol. The number of fused-ring (bicyclic) bond motifs is 1. The lowest BCUT2D eigenvalue weighted by molar-refractivity contribution is -0.116. The average Bonchev–Trinajstić information content (AvgIpc) is 2.87. The number of thioether (sulfide) groups is 1. The Hall–Kier alpha value is -3.78. The quantitative estimate of drug-likeness (QED) is 0.340. The van der Waals surface area contributed by atoms with Crippen molar-refractivity contribution >= 4 is 39.9 Å². The van der Waals surface area contributed by atoms with E-state index in [1.165, 1.54) is 21.2 Å². The van der Waals surface area contributed by atoms with Gasteiger partial charge in [-0.3, -0.25) is 24.0 Å². The van der Waals surface area contributed by atoms with Gasteiger partial charge in [0.1, 0.15) is 5.82 Å². The number of hydrogen-bond acceptors (Lipinski definition) is 5. The number of nitrogens with two attached hydrogens (primary N) is 1. The summed E-state index contributed by atoms with van der Waals surface area (Å²) in [5, 5.41) is 2.22. The van der Waals surface area contributed by atoms with Gasteiger partial charge in [0.25, 0.3) is 5.56 Å². The number of anilines is 2. The number of benzene rings is 3. The first kappa shape index (κ1) is 24.3. The van der Waals surface area contributed by atoms with Crippen molar-refractivity contribution in [3.05, 3.63) is 99.2 Å². The van der Waals surface area contributed by atoms with Crippen molar-refractivity contribution in [3.8, 4) is 0 Å². The van der Waals surface area contributed by atoms with Gasteiger partial charge in [-0.05, 0) is 34.9 Å². The van der Waals surface area contributed by atoms with Gasteiger partial charge >= 0.3 is 5.69 Å². The molecular formula is C27H28N4O3S. The highest BCUT2D eigenvalue weighted by Crippen LogP contribution is 2.26. The van der Waals surface area contributed by atoms with Gasteiger partial charge in [0.05, 0.1) is 12.3 Å². The van der Waals surface area contributed by atoms with Gasteiger partial charge in [-0.1, -0.05) is 74.0 Å². The molecule has 8 heteroatoms. The molecule has 3 N–H and O–H groups in total. The molecule has 35 heavy (non-hydrogen) atoms. The third-order valence-electron chi connectivity index (χ3n) is 5.79. The van der Waals surface area contributed by atoms with Crippen LogP contribution in [-0.4, -0.2) is 21.2 Å². The van der Waals surface area contributed by atoms with Gasteiger partial charge in [0.2, 0.25) is 5.91 Å². The van der Waals surface area contributed by atoms with Gasteiger partial charge < -0.3 is 5.73 Å². The number of hydrogen-bond donors (Lipinski definition) is 2. The Labute approximate surface area is 207 Å². The van der Waals surface area contributed by atoms with E-state index in [0.717, 1.165) is 34.1 Å². The maximum atomic E-state index is 13.5. The zero-order chi connectivity index (χ0) is 24.8. The zero-order valence-electron chi connectivity index (χ0n) is 19.6. The molecule has 0 fully saturated rings. The molecule has 0 saturated carbocycles. The minimum absolute atomic E-state index is 0.00665. The molecular weight excluding hydrogens is 460 g/mol. The van der Waals surface area contributed by atoms with Crippen molar-refractivity contribution in [1.29, 1.82) is 0 Å². The van der Waals surface area contributed by atoms with E-state index < -0.39 is 11.2 Å². The van der Waals surface area contributed by atoms with Gasteiger partial charge in [-0.2, -0.15) is 0 Å². The second kappa shape index (κ2) is 11.1. The number of nitrogen functional groups attached to an aromatic ring is 1. The van der Waals surface area contributed by atoms with Crippen LogP contribution < -0.4 is 21.9 Å². The number of unbranched alkanes of at least 4 members (excludes halogenated alkanes) is 1. The predicted molar refractivity (Wildman–Crippen MR) is 143 cm³/mol. The largest absolute Gasteiger partial charge is 0.383 e. The number of carbonyl (C=O) groups is 1. The van der Waals surface area contributed by atoms with E-state index in [9.17, 15) is 14.4 Å². The molecule has 0 unspecified atom stereocenters. The summed E-state index contributed by atoms with van der Waals surface area (Å²) in [7, 11) is 0. The number of rotatable bonds is 9. The fourth-order valence-electron chi connectivity index (χ4n) is 3.91. The second-order valence-corrected chi connectivity index (χ2v) is 9.31. The Bertz CT molecular complexity index is 1450. The van der Waals surface area contributed by atoms with Crippen LogP contribution in [0.3, 0.4) is 0 Å². The Morgan fingerprint density at radius 3 is 2.46 bits per heavy atom. The number of carbonyl (C=O) groups excluding carboxylic acids is 1. The molecule has 0 bridgehead atoms. The van der Waals surface area contributed by atoms with E-state index in [2.05, 4.69) is 4.98 Å². The number of nitrogens with zero attached hydrogens (tertiary/aromatic N) is 2. The highest BCUT2D eigenvalue weighted by atomic mass is 32.2. The van der Waals surface area contributed by atoms with Crippen LogP contribution in [0.1, 0.15) is 25.3 Å². The van der Waals surface area contributed by atoms with Crippen LogP contribution in [-0.2, 0) is 17.9 Å². The van der Waals surface area contributed by atoms with Crippen LogP contribution in [0.2, 0.25) is 0 Å². The normalized spacial score (nSPS) is 11.0. The molecule has 0 aliphatic heterocycles. The molecule has 0 spiro atoms. The minimum atomic E-state index is -0.666. The van der Waals surface area contributed by atoms with E-state index in [0.29, 0.717) is 6.54 Å². The van der Waals surface area contributed by atoms with E-state index in [1.807, 2.05) is 79.7 Å². The highest BCUT2D eigenvalue weighted by Gasteiger charge is 2.24. The lowest BCUT2D eigenvalue weighted by Crippen LogP contribution is -2.41. The van der Waals surface area contributed by atoms with Crippen molar-refractivity contribution in [1.82, 2.24) is 9.55 Å². The molecule has 0 saturated heterocycles. The highest BCUT2D eigenvalue weighted by molar-refractivity contribution is 8.00. The number of nitrogens with one attached hydrogen (secondary N) is 1. The van der Waals surface area contributed by atoms with Crippen LogP contribution in [0.4, 0.5) is 11.5 Å². The van der Waals surface area contributed by atoms with Gasteiger partial charge in [0.15, 0.2) is 5.69 Å². The lowest BCUT2D eigenvalue weighted by atomic mass is 10.1. The van der Waals surface area contributed by atoms with Crippen LogP contribution in [0.5, 0.6) is 0 Å². The number of aromatic nitrogens is 2. The lowest BCUT2D eigenvalue weighted by Gasteiger charge is -2.24. The first-order valence-corrected chi connectivity index (χ1v) is 12.5. The summed E-state index contributed by atoms with van der Waals surface area (Å²) in [5.41, 5.74) is 5.95. The fraction of sp³-hybridized carbons (Fsp3) is 0.222. The predicted octanol–water partition coefficient (Wildman–Crippen LogP) is 4.40. The number of aromatic amines is 1. The van der Waals surface area contributed by atoms with E-state index in [1.54, 1.807) is 0 Å². The Balaban J connectivity index is 1.66. The molecule has 4 aromatic rings. The van der Waals surface area contributed by atoms with Crippen LogP contribution in [0, 0.1) is 0 Å². The van der Waals surface area contributed by atoms with E-state index in [-0.39, 0.29) is 29.7 Å². The third-order valence-corrected chi connectivity index (χ3v) is 6.77. The first-order valence-electron chi connectivity index (χ1n) is 11.6. The number of H-pyrrole nitrogens is 1. The standard InChI is InChI=1S/C27H28N4O3S/c1-2-3-15-30-25(28)24(26(33)29-27(30)34)31(17-19-9-5-4-6-10-19)23(32)18-35-22-14-13-20-11-7-8-12-21(20)16-22/h4-14,16H,2-3,15,17-18,28H2,1H3,(H,29,33,34). The van der Waals surface area contributed by atoms with Gasteiger partial charge in [-0.15, -0.1) is 11.8 Å². The minimum Gasteiger partial charge on any atom is -0.383 e. The monoisotopic (exact) mass is 488 g/mol. The van der Waals surface area contributed by atoms with Gasteiger partial charge in [0, 0.05) is 11.4 Å². The molecule has 1 heterocycles. The topological polar surface area (TPSA) is 101 Å². The maximum Gasteiger partial charge on any atom is 0.330 e. The first-order chi connectivity index (χ1) is 17.0. The molecule has 7 nitrogen and oxygen atoms in total. The van der Waals surface area contributed by atoms with Crippen molar-refractivity contribution in [2.75, 3.05) is 16.4 Å². The van der Waals surface area contributed by atoms with Crippen molar-refractivity contribution in [3.63, 3.8) is 0 Å². The summed E-state index contributed by atoms with van der Waals surface area (Å²) in [5.74, 6) is -0.157. The molecule has 1 amide bonds. The van der Waals surface area contributed by atoms with Crippen molar-refractivity contribution < 1.29 is 4.79 Å². The van der Waals surface area contributed by atoms with E-state index >= 15 is 0 Å². The SMILES string of the molecule is CCCCn1c(N)c(N(Cc2ccccc2)C(=O)CSc2ccc3ccccc3c2)c(=O)[nH]c1=O.